The number of hydrogen-bond acceptors (Lipinski definition) is 1. The second-order valence-corrected chi connectivity index (χ2v) is 10.7. The van der Waals surface area contributed by atoms with E-state index >= 15 is 0 Å². The maximum atomic E-state index is 2.43. The predicted octanol–water partition coefficient (Wildman–Crippen LogP) is 9.16. The van der Waals surface area contributed by atoms with E-state index in [2.05, 4.69) is 107 Å². The van der Waals surface area contributed by atoms with Crippen molar-refractivity contribution in [2.75, 3.05) is 0 Å². The molecule has 0 amide bonds. The molecule has 5 rings (SSSR count). The fraction of sp³-hybridized carbons (Fsp3) is 0.241. The summed E-state index contributed by atoms with van der Waals surface area (Å²) in [5, 5.41) is 8.20. The van der Waals surface area contributed by atoms with Crippen molar-refractivity contribution in [1.29, 1.82) is 0 Å². The zero-order chi connectivity index (χ0) is 21.0. The van der Waals surface area contributed by atoms with E-state index in [0.29, 0.717) is 5.92 Å². The van der Waals surface area contributed by atoms with Gasteiger partial charge in [0.15, 0.2) is 0 Å². The highest BCUT2D eigenvalue weighted by Crippen LogP contribution is 2.46. The minimum absolute atomic E-state index is 0.116. The van der Waals surface area contributed by atoms with E-state index < -0.39 is 0 Å². The summed E-state index contributed by atoms with van der Waals surface area (Å²) < 4.78 is 0. The Kier molecular flexibility index (Phi) is 4.56. The molecule has 5 aromatic carbocycles. The van der Waals surface area contributed by atoms with Crippen LogP contribution in [0.2, 0.25) is 0 Å². The summed E-state index contributed by atoms with van der Waals surface area (Å²) in [7, 11) is 0. The summed E-state index contributed by atoms with van der Waals surface area (Å²) in [4.78, 5) is 2.77. The van der Waals surface area contributed by atoms with Crippen molar-refractivity contribution in [2.24, 2.45) is 0 Å². The molecule has 0 fully saturated rings. The molecule has 0 aliphatic rings. The lowest BCUT2D eigenvalue weighted by Crippen LogP contribution is -2.12. The van der Waals surface area contributed by atoms with Gasteiger partial charge in [-0.05, 0) is 66.9 Å². The summed E-state index contributed by atoms with van der Waals surface area (Å²) in [6, 6.07) is 27.2. The minimum atomic E-state index is 0.116. The van der Waals surface area contributed by atoms with Crippen LogP contribution < -0.4 is 0 Å². The van der Waals surface area contributed by atoms with Gasteiger partial charge in [0.25, 0.3) is 0 Å². The van der Waals surface area contributed by atoms with Crippen LogP contribution in [0.5, 0.6) is 0 Å². The lowest BCUT2D eigenvalue weighted by molar-refractivity contribution is 0.578. The smallest absolute Gasteiger partial charge is 0.0236 e. The largest absolute Gasteiger partial charge is 0.0888 e. The Morgan fingerprint density at radius 2 is 1.37 bits per heavy atom. The molecule has 0 spiro atoms. The van der Waals surface area contributed by atoms with Gasteiger partial charge in [0.05, 0.1) is 0 Å². The average molecular weight is 409 g/mol. The first-order valence-electron chi connectivity index (χ1n) is 10.8. The van der Waals surface area contributed by atoms with Crippen LogP contribution in [0.3, 0.4) is 0 Å². The zero-order valence-electron chi connectivity index (χ0n) is 18.4. The first-order chi connectivity index (χ1) is 14.3. The summed E-state index contributed by atoms with van der Waals surface area (Å²) in [6.45, 7) is 11.5. The van der Waals surface area contributed by atoms with E-state index in [1.54, 1.807) is 0 Å². The first-order valence-corrected chi connectivity index (χ1v) is 11.6. The van der Waals surface area contributed by atoms with Gasteiger partial charge in [-0.15, -0.1) is 0 Å². The Labute approximate surface area is 183 Å². The van der Waals surface area contributed by atoms with E-state index in [1.165, 1.54) is 53.2 Å². The number of hydrogen-bond donors (Lipinski definition) is 0. The van der Waals surface area contributed by atoms with Crippen molar-refractivity contribution in [3.8, 4) is 0 Å². The van der Waals surface area contributed by atoms with E-state index in [-0.39, 0.29) is 5.41 Å². The van der Waals surface area contributed by atoms with Crippen LogP contribution in [0.4, 0.5) is 0 Å². The second kappa shape index (κ2) is 7.03. The molecule has 0 saturated heterocycles. The lowest BCUT2D eigenvalue weighted by atomic mass is 9.87. The molecule has 150 valence electrons. The standard InChI is InChI=1S/C29H28S/c1-18(2)23-17-21-14-13-19-9-8-10-20-15-16-22(27(21)26(19)20)28(23)30-25-12-7-6-11-24(25)29(3,4)5/h6-18H,1-5H3. The Morgan fingerprint density at radius 3 is 2.07 bits per heavy atom. The highest BCUT2D eigenvalue weighted by Gasteiger charge is 2.21. The van der Waals surface area contributed by atoms with Gasteiger partial charge in [-0.25, -0.2) is 0 Å². The van der Waals surface area contributed by atoms with Crippen molar-refractivity contribution in [1.82, 2.24) is 0 Å². The van der Waals surface area contributed by atoms with E-state index in [0.717, 1.165) is 0 Å². The summed E-state index contributed by atoms with van der Waals surface area (Å²) >= 11 is 1.95. The zero-order valence-corrected chi connectivity index (χ0v) is 19.2. The highest BCUT2D eigenvalue weighted by atomic mass is 32.2. The summed E-state index contributed by atoms with van der Waals surface area (Å²) in [5.74, 6) is 0.469. The number of benzene rings is 5. The summed E-state index contributed by atoms with van der Waals surface area (Å²) in [5.41, 5.74) is 2.97. The van der Waals surface area contributed by atoms with Gasteiger partial charge in [0.1, 0.15) is 0 Å². The molecule has 0 heterocycles. The van der Waals surface area contributed by atoms with Crippen LogP contribution in [0.15, 0.2) is 82.6 Å². The molecule has 0 radical (unpaired) electrons. The topological polar surface area (TPSA) is 0 Å². The van der Waals surface area contributed by atoms with Gasteiger partial charge in [-0.1, -0.05) is 107 Å². The number of rotatable bonds is 3. The molecule has 0 aliphatic heterocycles. The molecule has 0 aliphatic carbocycles. The third kappa shape index (κ3) is 3.08. The molecular weight excluding hydrogens is 380 g/mol. The van der Waals surface area contributed by atoms with Crippen LogP contribution in [0.25, 0.3) is 32.3 Å². The first kappa shape index (κ1) is 19.5. The second-order valence-electron chi connectivity index (χ2n) is 9.65. The van der Waals surface area contributed by atoms with Crippen LogP contribution in [-0.4, -0.2) is 0 Å². The fourth-order valence-corrected chi connectivity index (χ4v) is 6.18. The van der Waals surface area contributed by atoms with Gasteiger partial charge in [0.2, 0.25) is 0 Å². The van der Waals surface area contributed by atoms with Gasteiger partial charge < -0.3 is 0 Å². The van der Waals surface area contributed by atoms with Crippen molar-refractivity contribution >= 4 is 44.1 Å². The molecule has 0 N–H and O–H groups in total. The molecule has 0 bridgehead atoms. The molecule has 5 aromatic rings. The molecule has 1 heteroatoms. The quantitative estimate of drug-likeness (QED) is 0.268. The monoisotopic (exact) mass is 408 g/mol. The Hall–Kier alpha value is -2.51. The Bertz CT molecular complexity index is 1350. The normalized spacial score (nSPS) is 12.6. The van der Waals surface area contributed by atoms with Gasteiger partial charge in [-0.3, -0.25) is 0 Å². The van der Waals surface area contributed by atoms with E-state index in [9.17, 15) is 0 Å². The third-order valence-electron chi connectivity index (χ3n) is 6.16. The molecule has 0 aromatic heterocycles. The van der Waals surface area contributed by atoms with Crippen molar-refractivity contribution in [2.45, 2.75) is 55.7 Å². The predicted molar refractivity (Wildman–Crippen MR) is 133 cm³/mol. The van der Waals surface area contributed by atoms with E-state index in [4.69, 9.17) is 0 Å². The average Bonchev–Trinajstić information content (AvgIpc) is 2.72. The summed E-state index contributed by atoms with van der Waals surface area (Å²) in [6.07, 6.45) is 0. The van der Waals surface area contributed by atoms with Gasteiger partial charge in [-0.2, -0.15) is 0 Å². The highest BCUT2D eigenvalue weighted by molar-refractivity contribution is 7.99. The Balaban J connectivity index is 1.84. The van der Waals surface area contributed by atoms with Crippen molar-refractivity contribution < 1.29 is 0 Å². The molecular formula is C29H28S. The van der Waals surface area contributed by atoms with Gasteiger partial charge >= 0.3 is 0 Å². The van der Waals surface area contributed by atoms with Crippen LogP contribution >= 0.6 is 11.8 Å². The third-order valence-corrected chi connectivity index (χ3v) is 7.39. The van der Waals surface area contributed by atoms with Crippen LogP contribution in [-0.2, 0) is 5.41 Å². The maximum Gasteiger partial charge on any atom is 0.0236 e. The van der Waals surface area contributed by atoms with Crippen molar-refractivity contribution in [3.05, 3.63) is 83.9 Å². The van der Waals surface area contributed by atoms with Gasteiger partial charge in [0, 0.05) is 9.79 Å². The molecule has 0 nitrogen and oxygen atoms in total. The molecule has 0 unspecified atom stereocenters. The van der Waals surface area contributed by atoms with E-state index in [1.807, 2.05) is 11.8 Å². The molecule has 0 saturated carbocycles. The van der Waals surface area contributed by atoms with Crippen molar-refractivity contribution in [3.63, 3.8) is 0 Å². The molecule has 0 atom stereocenters. The van der Waals surface area contributed by atoms with Crippen LogP contribution in [0.1, 0.15) is 51.7 Å². The molecule has 30 heavy (non-hydrogen) atoms. The van der Waals surface area contributed by atoms with Crippen LogP contribution in [0, 0.1) is 0 Å². The fourth-order valence-electron chi connectivity index (χ4n) is 4.64. The minimum Gasteiger partial charge on any atom is -0.0888 e. The SMILES string of the molecule is CC(C)c1cc2ccc3cccc4ccc(c1Sc1ccccc1C(C)(C)C)c2c34. The maximum absolute atomic E-state index is 2.43. The Morgan fingerprint density at radius 1 is 0.700 bits per heavy atom. The lowest BCUT2D eigenvalue weighted by Gasteiger charge is -2.24.